The van der Waals surface area contributed by atoms with Gasteiger partial charge in [-0.15, -0.1) is 10.2 Å². The third-order valence-electron chi connectivity index (χ3n) is 4.83. The van der Waals surface area contributed by atoms with Crippen LogP contribution in [0.5, 0.6) is 0 Å². The average Bonchev–Trinajstić information content (AvgIpc) is 3.03. The van der Waals surface area contributed by atoms with Gasteiger partial charge in [-0.3, -0.25) is 9.89 Å². The van der Waals surface area contributed by atoms with Crippen molar-refractivity contribution < 1.29 is 0 Å². The average molecular weight is 426 g/mol. The number of aryl methyl sites for hydroxylation is 1. The maximum Gasteiger partial charge on any atom is 0.190 e. The summed E-state index contributed by atoms with van der Waals surface area (Å²) in [5.74, 6) is 2.54. The van der Waals surface area contributed by atoms with Gasteiger partial charge in [0.1, 0.15) is 5.82 Å². The Morgan fingerprint density at radius 1 is 1.03 bits per heavy atom. The standard InChI is InChI=1S/C21H43N7S/c1-16(2)15-28-19(25-26-21(28)29-8)11-9-12-23-20(22-7)24-13-10-14-27(17(3)4)18(5)6/h16-18H,9-15H2,1-8H3,(H2,22,23,24). The summed E-state index contributed by atoms with van der Waals surface area (Å²) in [6.07, 6.45) is 5.08. The van der Waals surface area contributed by atoms with Crippen LogP contribution in [-0.2, 0) is 13.0 Å². The van der Waals surface area contributed by atoms with Crippen molar-refractivity contribution in [1.29, 1.82) is 0 Å². The van der Waals surface area contributed by atoms with Crippen LogP contribution in [0, 0.1) is 5.92 Å². The van der Waals surface area contributed by atoms with Gasteiger partial charge in [0.15, 0.2) is 11.1 Å². The predicted octanol–water partition coefficient (Wildman–Crippen LogP) is 3.26. The Bertz CT molecular complexity index is 588. The van der Waals surface area contributed by atoms with Crippen LogP contribution in [0.4, 0.5) is 0 Å². The molecule has 1 heterocycles. The molecule has 0 saturated carbocycles. The molecule has 1 aromatic heterocycles. The molecule has 0 saturated heterocycles. The highest BCUT2D eigenvalue weighted by Gasteiger charge is 2.13. The third kappa shape index (κ3) is 9.38. The first kappa shape index (κ1) is 25.8. The second-order valence-corrected chi connectivity index (χ2v) is 9.19. The Morgan fingerprint density at radius 3 is 2.17 bits per heavy atom. The third-order valence-corrected chi connectivity index (χ3v) is 5.50. The molecule has 0 fully saturated rings. The molecule has 0 spiro atoms. The largest absolute Gasteiger partial charge is 0.356 e. The van der Waals surface area contributed by atoms with Gasteiger partial charge in [-0.25, -0.2) is 0 Å². The molecule has 1 rings (SSSR count). The van der Waals surface area contributed by atoms with E-state index in [0.717, 1.165) is 62.4 Å². The van der Waals surface area contributed by atoms with Crippen molar-refractivity contribution in [3.05, 3.63) is 5.82 Å². The molecule has 0 aliphatic heterocycles. The number of guanidine groups is 1. The van der Waals surface area contributed by atoms with Crippen LogP contribution >= 0.6 is 11.8 Å². The molecule has 168 valence electrons. The number of aromatic nitrogens is 3. The lowest BCUT2D eigenvalue weighted by molar-refractivity contribution is 0.173. The van der Waals surface area contributed by atoms with E-state index >= 15 is 0 Å². The Labute approximate surface area is 182 Å². The van der Waals surface area contributed by atoms with E-state index in [-0.39, 0.29) is 0 Å². The summed E-state index contributed by atoms with van der Waals surface area (Å²) in [4.78, 5) is 6.86. The lowest BCUT2D eigenvalue weighted by Crippen LogP contribution is -2.41. The van der Waals surface area contributed by atoms with Gasteiger partial charge in [-0.05, 0) is 52.7 Å². The van der Waals surface area contributed by atoms with E-state index in [1.807, 2.05) is 7.05 Å². The summed E-state index contributed by atoms with van der Waals surface area (Å²) in [7, 11) is 1.83. The van der Waals surface area contributed by atoms with Crippen molar-refractivity contribution in [2.75, 3.05) is 32.9 Å². The van der Waals surface area contributed by atoms with E-state index < -0.39 is 0 Å². The van der Waals surface area contributed by atoms with Gasteiger partial charge in [0.25, 0.3) is 0 Å². The molecule has 0 aliphatic carbocycles. The summed E-state index contributed by atoms with van der Waals surface area (Å²) in [5, 5.41) is 16.6. The molecule has 0 bridgehead atoms. The van der Waals surface area contributed by atoms with Crippen molar-refractivity contribution >= 4 is 17.7 Å². The zero-order chi connectivity index (χ0) is 21.8. The van der Waals surface area contributed by atoms with E-state index in [1.165, 1.54) is 0 Å². The number of hydrogen-bond donors (Lipinski definition) is 2. The van der Waals surface area contributed by atoms with Crippen LogP contribution in [0.15, 0.2) is 10.1 Å². The molecule has 1 aromatic rings. The van der Waals surface area contributed by atoms with Gasteiger partial charge < -0.3 is 15.2 Å². The SMILES string of the molecule is CN=C(NCCCc1nnc(SC)n1CC(C)C)NCCCN(C(C)C)C(C)C. The van der Waals surface area contributed by atoms with E-state index in [9.17, 15) is 0 Å². The fraction of sp³-hybridized carbons (Fsp3) is 0.857. The first-order chi connectivity index (χ1) is 13.8. The van der Waals surface area contributed by atoms with Crippen LogP contribution in [0.1, 0.15) is 60.2 Å². The highest BCUT2D eigenvalue weighted by Crippen LogP contribution is 2.16. The fourth-order valence-electron chi connectivity index (χ4n) is 3.46. The van der Waals surface area contributed by atoms with Crippen LogP contribution in [0.25, 0.3) is 0 Å². The zero-order valence-corrected chi connectivity index (χ0v) is 20.6. The monoisotopic (exact) mass is 425 g/mol. The zero-order valence-electron chi connectivity index (χ0n) is 19.8. The quantitative estimate of drug-likeness (QED) is 0.219. The van der Waals surface area contributed by atoms with Crippen LogP contribution in [-0.4, -0.2) is 70.6 Å². The fourth-order valence-corrected chi connectivity index (χ4v) is 3.98. The lowest BCUT2D eigenvalue weighted by atomic mass is 10.2. The first-order valence-corrected chi connectivity index (χ1v) is 12.2. The number of nitrogens with one attached hydrogen (secondary N) is 2. The van der Waals surface area contributed by atoms with Gasteiger partial charge in [0.2, 0.25) is 0 Å². The summed E-state index contributed by atoms with van der Waals surface area (Å²) < 4.78 is 2.26. The number of aliphatic imine (C=N–C) groups is 1. The highest BCUT2D eigenvalue weighted by molar-refractivity contribution is 7.98. The summed E-state index contributed by atoms with van der Waals surface area (Å²) in [6, 6.07) is 1.16. The van der Waals surface area contributed by atoms with Crippen molar-refractivity contribution in [3.63, 3.8) is 0 Å². The van der Waals surface area contributed by atoms with Crippen molar-refractivity contribution in [1.82, 2.24) is 30.3 Å². The van der Waals surface area contributed by atoms with E-state index in [1.54, 1.807) is 11.8 Å². The van der Waals surface area contributed by atoms with Gasteiger partial charge in [-0.1, -0.05) is 25.6 Å². The second kappa shape index (κ2) is 13.9. The molecule has 0 unspecified atom stereocenters. The van der Waals surface area contributed by atoms with Gasteiger partial charge in [0.05, 0.1) is 0 Å². The molecule has 0 radical (unpaired) electrons. The topological polar surface area (TPSA) is 70.4 Å². The van der Waals surface area contributed by atoms with Gasteiger partial charge in [0, 0.05) is 51.7 Å². The minimum atomic E-state index is 0.580. The summed E-state index contributed by atoms with van der Waals surface area (Å²) in [5.41, 5.74) is 0. The highest BCUT2D eigenvalue weighted by atomic mass is 32.2. The summed E-state index contributed by atoms with van der Waals surface area (Å²) >= 11 is 1.66. The Morgan fingerprint density at radius 2 is 1.66 bits per heavy atom. The molecule has 2 N–H and O–H groups in total. The van der Waals surface area contributed by atoms with Crippen LogP contribution in [0.3, 0.4) is 0 Å². The van der Waals surface area contributed by atoms with E-state index in [0.29, 0.717) is 18.0 Å². The maximum atomic E-state index is 4.40. The molecular weight excluding hydrogens is 382 g/mol. The Kier molecular flexibility index (Phi) is 12.3. The smallest absolute Gasteiger partial charge is 0.190 e. The molecule has 29 heavy (non-hydrogen) atoms. The lowest BCUT2D eigenvalue weighted by Gasteiger charge is -2.30. The molecule has 0 aromatic carbocycles. The second-order valence-electron chi connectivity index (χ2n) is 8.42. The number of hydrogen-bond acceptors (Lipinski definition) is 5. The first-order valence-electron chi connectivity index (χ1n) is 11.0. The molecular formula is C21H43N7S. The molecule has 0 aliphatic rings. The van der Waals surface area contributed by atoms with Crippen molar-refractivity contribution in [2.45, 2.75) is 84.6 Å². The predicted molar refractivity (Wildman–Crippen MR) is 126 cm³/mol. The Balaban J connectivity index is 2.35. The number of rotatable bonds is 13. The van der Waals surface area contributed by atoms with E-state index in [4.69, 9.17) is 0 Å². The molecule has 8 heteroatoms. The molecule has 0 atom stereocenters. The number of thioether (sulfide) groups is 1. The maximum absolute atomic E-state index is 4.40. The van der Waals surface area contributed by atoms with Gasteiger partial charge >= 0.3 is 0 Å². The van der Waals surface area contributed by atoms with Gasteiger partial charge in [-0.2, -0.15) is 0 Å². The minimum absolute atomic E-state index is 0.580. The minimum Gasteiger partial charge on any atom is -0.356 e. The Hall–Kier alpha value is -1.28. The van der Waals surface area contributed by atoms with Crippen LogP contribution < -0.4 is 10.6 Å². The van der Waals surface area contributed by atoms with Crippen molar-refractivity contribution in [2.24, 2.45) is 10.9 Å². The van der Waals surface area contributed by atoms with Crippen molar-refractivity contribution in [3.8, 4) is 0 Å². The normalized spacial score (nSPS) is 12.6. The van der Waals surface area contributed by atoms with Crippen LogP contribution in [0.2, 0.25) is 0 Å². The summed E-state index contributed by atoms with van der Waals surface area (Å²) in [6.45, 7) is 17.4. The molecule has 7 nitrogen and oxygen atoms in total. The number of nitrogens with zero attached hydrogens (tertiary/aromatic N) is 5. The molecule has 0 amide bonds. The van der Waals surface area contributed by atoms with E-state index in [2.05, 4.69) is 83.1 Å².